The summed E-state index contributed by atoms with van der Waals surface area (Å²) in [6, 6.07) is 1.19. The number of rotatable bonds is 3. The minimum absolute atomic E-state index is 0.163. The summed E-state index contributed by atoms with van der Waals surface area (Å²) in [7, 11) is -3.50. The average molecular weight is 379 g/mol. The SMILES string of the molecule is Cc1cncc(C(=O)N2CCC(c3nc(C)no3)N(S(C)(=O)=O)CC2)c1. The van der Waals surface area contributed by atoms with Crippen molar-refractivity contribution in [3.63, 3.8) is 0 Å². The smallest absolute Gasteiger partial charge is 0.255 e. The molecule has 26 heavy (non-hydrogen) atoms. The molecular formula is C16H21N5O4S. The van der Waals surface area contributed by atoms with Crippen molar-refractivity contribution in [1.82, 2.24) is 24.3 Å². The number of carbonyl (C=O) groups excluding carboxylic acids is 1. The van der Waals surface area contributed by atoms with E-state index in [1.165, 1.54) is 10.5 Å². The van der Waals surface area contributed by atoms with Crippen LogP contribution in [0.2, 0.25) is 0 Å². The van der Waals surface area contributed by atoms with Gasteiger partial charge in [0.05, 0.1) is 11.8 Å². The van der Waals surface area contributed by atoms with Crippen LogP contribution in [0.1, 0.15) is 40.1 Å². The number of aromatic nitrogens is 3. The van der Waals surface area contributed by atoms with Gasteiger partial charge in [0.2, 0.25) is 15.9 Å². The van der Waals surface area contributed by atoms with E-state index in [9.17, 15) is 13.2 Å². The summed E-state index contributed by atoms with van der Waals surface area (Å²) in [5.41, 5.74) is 1.38. The Labute approximate surface area is 152 Å². The quantitative estimate of drug-likeness (QED) is 0.780. The van der Waals surface area contributed by atoms with Crippen LogP contribution in [-0.2, 0) is 10.0 Å². The molecule has 0 radical (unpaired) electrons. The lowest BCUT2D eigenvalue weighted by molar-refractivity contribution is 0.0763. The Bertz CT molecular complexity index is 911. The van der Waals surface area contributed by atoms with Gasteiger partial charge in [0.1, 0.15) is 6.04 Å². The zero-order valence-corrected chi connectivity index (χ0v) is 15.7. The summed E-state index contributed by atoms with van der Waals surface area (Å²) in [5.74, 6) is 0.521. The van der Waals surface area contributed by atoms with E-state index < -0.39 is 16.1 Å². The van der Waals surface area contributed by atoms with Crippen molar-refractivity contribution >= 4 is 15.9 Å². The summed E-state index contributed by atoms with van der Waals surface area (Å²) in [6.07, 6.45) is 4.72. The first kappa shape index (κ1) is 18.5. The number of aryl methyl sites for hydroxylation is 2. The standard InChI is InChI=1S/C16H21N5O4S/c1-11-8-13(10-17-9-11)16(22)20-5-4-14(15-18-12(2)19-25-15)21(7-6-20)26(3,23)24/h8-10,14H,4-7H2,1-3H3. The van der Waals surface area contributed by atoms with E-state index in [2.05, 4.69) is 15.1 Å². The van der Waals surface area contributed by atoms with E-state index in [-0.39, 0.29) is 24.9 Å². The highest BCUT2D eigenvalue weighted by atomic mass is 32.2. The topological polar surface area (TPSA) is 110 Å². The number of pyridine rings is 1. The maximum absolute atomic E-state index is 12.8. The highest BCUT2D eigenvalue weighted by Crippen LogP contribution is 2.28. The second kappa shape index (κ2) is 7.12. The first-order valence-electron chi connectivity index (χ1n) is 8.23. The van der Waals surface area contributed by atoms with E-state index in [1.54, 1.807) is 24.1 Å². The molecule has 3 rings (SSSR count). The van der Waals surface area contributed by atoms with Gasteiger partial charge >= 0.3 is 0 Å². The Kier molecular flexibility index (Phi) is 5.05. The van der Waals surface area contributed by atoms with Gasteiger partial charge in [-0.25, -0.2) is 8.42 Å². The average Bonchev–Trinajstić information content (AvgIpc) is 2.87. The molecule has 0 N–H and O–H groups in total. The molecule has 0 spiro atoms. The molecule has 3 heterocycles. The summed E-state index contributed by atoms with van der Waals surface area (Å²) >= 11 is 0. The largest absolute Gasteiger partial charge is 0.338 e. The van der Waals surface area contributed by atoms with E-state index in [4.69, 9.17) is 4.52 Å². The van der Waals surface area contributed by atoms with Crippen molar-refractivity contribution in [2.45, 2.75) is 26.3 Å². The summed E-state index contributed by atoms with van der Waals surface area (Å²) in [6.45, 7) is 4.37. The maximum atomic E-state index is 12.8. The van der Waals surface area contributed by atoms with Crippen LogP contribution in [0.4, 0.5) is 0 Å². The number of amides is 1. The third kappa shape index (κ3) is 3.91. The van der Waals surface area contributed by atoms with Crippen LogP contribution in [0.25, 0.3) is 0 Å². The molecule has 10 heteroatoms. The van der Waals surface area contributed by atoms with Crippen LogP contribution in [-0.4, -0.2) is 64.5 Å². The van der Waals surface area contributed by atoms with E-state index in [0.717, 1.165) is 11.8 Å². The van der Waals surface area contributed by atoms with Crippen LogP contribution in [0, 0.1) is 13.8 Å². The molecular weight excluding hydrogens is 358 g/mol. The summed E-state index contributed by atoms with van der Waals surface area (Å²) in [5, 5.41) is 3.75. The van der Waals surface area contributed by atoms with Gasteiger partial charge in [-0.1, -0.05) is 5.16 Å². The van der Waals surface area contributed by atoms with Gasteiger partial charge in [0, 0.05) is 32.0 Å². The lowest BCUT2D eigenvalue weighted by Gasteiger charge is -2.24. The predicted octanol–water partition coefficient (Wildman–Crippen LogP) is 0.930. The molecule has 0 saturated carbocycles. The van der Waals surface area contributed by atoms with Crippen LogP contribution >= 0.6 is 0 Å². The fourth-order valence-corrected chi connectivity index (χ4v) is 4.13. The Hall–Kier alpha value is -2.33. The van der Waals surface area contributed by atoms with Gasteiger partial charge in [0.25, 0.3) is 5.91 Å². The zero-order valence-electron chi connectivity index (χ0n) is 14.9. The lowest BCUT2D eigenvalue weighted by atomic mass is 10.1. The molecule has 9 nitrogen and oxygen atoms in total. The van der Waals surface area contributed by atoms with E-state index in [1.807, 2.05) is 6.92 Å². The highest BCUT2D eigenvalue weighted by Gasteiger charge is 2.36. The Morgan fingerprint density at radius 1 is 1.23 bits per heavy atom. The highest BCUT2D eigenvalue weighted by molar-refractivity contribution is 7.88. The van der Waals surface area contributed by atoms with Gasteiger partial charge in [-0.3, -0.25) is 9.78 Å². The van der Waals surface area contributed by atoms with Gasteiger partial charge in [-0.2, -0.15) is 9.29 Å². The van der Waals surface area contributed by atoms with Gasteiger partial charge in [0.15, 0.2) is 5.82 Å². The summed E-state index contributed by atoms with van der Waals surface area (Å²) in [4.78, 5) is 22.6. The second-order valence-electron chi connectivity index (χ2n) is 6.40. The molecule has 1 saturated heterocycles. The maximum Gasteiger partial charge on any atom is 0.255 e. The van der Waals surface area contributed by atoms with Crippen LogP contribution in [0.3, 0.4) is 0 Å². The Morgan fingerprint density at radius 3 is 2.62 bits per heavy atom. The van der Waals surface area contributed by atoms with Crippen molar-refractivity contribution in [2.24, 2.45) is 0 Å². The minimum Gasteiger partial charge on any atom is -0.338 e. The van der Waals surface area contributed by atoms with Crippen molar-refractivity contribution in [3.8, 4) is 0 Å². The van der Waals surface area contributed by atoms with Crippen molar-refractivity contribution < 1.29 is 17.7 Å². The number of hydrogen-bond donors (Lipinski definition) is 0. The number of sulfonamides is 1. The Balaban J connectivity index is 1.86. The molecule has 2 aromatic heterocycles. The van der Waals surface area contributed by atoms with E-state index in [0.29, 0.717) is 24.4 Å². The first-order chi connectivity index (χ1) is 12.3. The molecule has 0 bridgehead atoms. The fourth-order valence-electron chi connectivity index (χ4n) is 3.06. The predicted molar refractivity (Wildman–Crippen MR) is 92.8 cm³/mol. The molecule has 1 aliphatic rings. The van der Waals surface area contributed by atoms with Gasteiger partial charge in [-0.05, 0) is 31.9 Å². The number of hydrogen-bond acceptors (Lipinski definition) is 7. The molecule has 1 atom stereocenters. The van der Waals surface area contributed by atoms with Crippen LogP contribution in [0.5, 0.6) is 0 Å². The first-order valence-corrected chi connectivity index (χ1v) is 10.1. The molecule has 2 aromatic rings. The second-order valence-corrected chi connectivity index (χ2v) is 8.34. The normalized spacial score (nSPS) is 19.3. The van der Waals surface area contributed by atoms with Gasteiger partial charge < -0.3 is 9.42 Å². The third-order valence-electron chi connectivity index (χ3n) is 4.27. The molecule has 1 unspecified atom stereocenters. The fraction of sp³-hybridized carbons (Fsp3) is 0.500. The van der Waals surface area contributed by atoms with Crippen LogP contribution < -0.4 is 0 Å². The minimum atomic E-state index is -3.50. The van der Waals surface area contributed by atoms with Crippen molar-refractivity contribution in [3.05, 3.63) is 41.3 Å². The summed E-state index contributed by atoms with van der Waals surface area (Å²) < 4.78 is 31.0. The number of nitrogens with zero attached hydrogens (tertiary/aromatic N) is 5. The van der Waals surface area contributed by atoms with Crippen molar-refractivity contribution in [2.75, 3.05) is 25.9 Å². The van der Waals surface area contributed by atoms with Crippen LogP contribution in [0.15, 0.2) is 23.0 Å². The zero-order chi connectivity index (χ0) is 18.9. The Morgan fingerprint density at radius 2 is 2.00 bits per heavy atom. The molecule has 0 aromatic carbocycles. The van der Waals surface area contributed by atoms with Gasteiger partial charge in [-0.15, -0.1) is 0 Å². The molecule has 1 amide bonds. The molecule has 1 fully saturated rings. The van der Waals surface area contributed by atoms with E-state index >= 15 is 0 Å². The monoisotopic (exact) mass is 379 g/mol. The molecule has 140 valence electrons. The lowest BCUT2D eigenvalue weighted by Crippen LogP contribution is -2.38. The number of carbonyl (C=O) groups is 1. The molecule has 1 aliphatic heterocycles. The molecule has 0 aliphatic carbocycles. The van der Waals surface area contributed by atoms with Crippen molar-refractivity contribution in [1.29, 1.82) is 0 Å². The third-order valence-corrected chi connectivity index (χ3v) is 5.56.